The molecule has 0 radical (unpaired) electrons. The van der Waals surface area contributed by atoms with Crippen molar-refractivity contribution in [2.75, 3.05) is 20.3 Å². The fourth-order valence-electron chi connectivity index (χ4n) is 2.69. The van der Waals surface area contributed by atoms with E-state index < -0.39 is 5.54 Å². The molecule has 0 saturated heterocycles. The second-order valence-corrected chi connectivity index (χ2v) is 5.38. The molecule has 110 valence electrons. The molecule has 20 heavy (non-hydrogen) atoms. The summed E-state index contributed by atoms with van der Waals surface area (Å²) in [6, 6.07) is 7.33. The minimum absolute atomic E-state index is 0.00483. The summed E-state index contributed by atoms with van der Waals surface area (Å²) in [5.41, 5.74) is 6.20. The maximum Gasteiger partial charge on any atom is 0.186 e. The van der Waals surface area contributed by atoms with Crippen molar-refractivity contribution in [2.24, 2.45) is 5.73 Å². The Labute approximate surface area is 120 Å². The molecule has 0 aliphatic heterocycles. The Balaban J connectivity index is 2.16. The van der Waals surface area contributed by atoms with Crippen molar-refractivity contribution in [2.45, 2.75) is 37.6 Å². The molecule has 1 saturated carbocycles. The van der Waals surface area contributed by atoms with Gasteiger partial charge in [-0.2, -0.15) is 0 Å². The lowest BCUT2D eigenvalue weighted by Crippen LogP contribution is -2.49. The molecular formula is C16H23NO3. The molecule has 1 aliphatic carbocycles. The molecule has 2 rings (SSSR count). The minimum atomic E-state index is -0.723. The van der Waals surface area contributed by atoms with Crippen molar-refractivity contribution >= 4 is 5.78 Å². The summed E-state index contributed by atoms with van der Waals surface area (Å²) >= 11 is 0. The summed E-state index contributed by atoms with van der Waals surface area (Å²) in [4.78, 5) is 12.7. The summed E-state index contributed by atoms with van der Waals surface area (Å²) in [7, 11) is 1.62. The molecule has 0 spiro atoms. The van der Waals surface area contributed by atoms with Crippen LogP contribution in [0.15, 0.2) is 24.3 Å². The summed E-state index contributed by atoms with van der Waals surface area (Å²) in [6.45, 7) is 0.925. The molecule has 0 bridgehead atoms. The predicted molar refractivity (Wildman–Crippen MR) is 78.1 cm³/mol. The summed E-state index contributed by atoms with van der Waals surface area (Å²) in [5.74, 6) is 0.607. The molecule has 0 heterocycles. The maximum absolute atomic E-state index is 12.7. The molecule has 0 atom stereocenters. The van der Waals surface area contributed by atoms with Crippen molar-refractivity contribution in [3.8, 4) is 5.75 Å². The van der Waals surface area contributed by atoms with Gasteiger partial charge in [0.15, 0.2) is 5.78 Å². The Bertz CT molecular complexity index is 453. The third-order valence-electron chi connectivity index (χ3n) is 3.87. The first-order valence-corrected chi connectivity index (χ1v) is 7.22. The lowest BCUT2D eigenvalue weighted by Gasteiger charge is -2.32. The van der Waals surface area contributed by atoms with Crippen LogP contribution in [0.2, 0.25) is 0 Å². The maximum atomic E-state index is 12.7. The highest BCUT2D eigenvalue weighted by Crippen LogP contribution is 2.31. The Morgan fingerprint density at radius 3 is 2.60 bits per heavy atom. The van der Waals surface area contributed by atoms with Gasteiger partial charge in [-0.3, -0.25) is 4.79 Å². The van der Waals surface area contributed by atoms with Crippen LogP contribution < -0.4 is 10.5 Å². The van der Waals surface area contributed by atoms with Gasteiger partial charge in [-0.1, -0.05) is 31.4 Å². The van der Waals surface area contributed by atoms with Gasteiger partial charge in [0.05, 0.1) is 17.7 Å². The van der Waals surface area contributed by atoms with Gasteiger partial charge in [0, 0.05) is 7.11 Å². The molecule has 1 fully saturated rings. The first-order valence-electron chi connectivity index (χ1n) is 7.22. The van der Waals surface area contributed by atoms with E-state index in [1.807, 2.05) is 18.2 Å². The van der Waals surface area contributed by atoms with Crippen LogP contribution >= 0.6 is 0 Å². The number of carbonyl (C=O) groups excluding carboxylic acids is 1. The van der Waals surface area contributed by atoms with Crippen LogP contribution in [0.4, 0.5) is 0 Å². The fraction of sp³-hybridized carbons (Fsp3) is 0.562. The number of methoxy groups -OCH3 is 1. The van der Waals surface area contributed by atoms with Crippen LogP contribution in [0.25, 0.3) is 0 Å². The second kappa shape index (κ2) is 6.86. The van der Waals surface area contributed by atoms with Crippen LogP contribution in [0.3, 0.4) is 0 Å². The number of carbonyl (C=O) groups is 1. The van der Waals surface area contributed by atoms with Crippen LogP contribution in [0.1, 0.15) is 42.5 Å². The van der Waals surface area contributed by atoms with E-state index >= 15 is 0 Å². The molecule has 0 unspecified atom stereocenters. The van der Waals surface area contributed by atoms with Gasteiger partial charge in [0.2, 0.25) is 0 Å². The quantitative estimate of drug-likeness (QED) is 0.641. The zero-order chi connectivity index (χ0) is 14.4. The van der Waals surface area contributed by atoms with Crippen LogP contribution in [0.5, 0.6) is 5.75 Å². The highest BCUT2D eigenvalue weighted by molar-refractivity contribution is 6.05. The first-order chi connectivity index (χ1) is 9.67. The summed E-state index contributed by atoms with van der Waals surface area (Å²) in [6.07, 6.45) is 4.73. The van der Waals surface area contributed by atoms with Crippen molar-refractivity contribution in [3.05, 3.63) is 29.8 Å². The van der Waals surface area contributed by atoms with E-state index in [1.54, 1.807) is 13.2 Å². The van der Waals surface area contributed by atoms with Crippen molar-refractivity contribution < 1.29 is 14.3 Å². The highest BCUT2D eigenvalue weighted by Gasteiger charge is 2.36. The first kappa shape index (κ1) is 15.0. The van der Waals surface area contributed by atoms with Gasteiger partial charge in [-0.25, -0.2) is 0 Å². The van der Waals surface area contributed by atoms with Crippen molar-refractivity contribution in [1.82, 2.24) is 0 Å². The van der Waals surface area contributed by atoms with E-state index in [1.165, 1.54) is 0 Å². The normalized spacial score (nSPS) is 17.7. The largest absolute Gasteiger partial charge is 0.490 e. The van der Waals surface area contributed by atoms with E-state index in [2.05, 4.69) is 0 Å². The molecular weight excluding hydrogens is 254 g/mol. The van der Waals surface area contributed by atoms with Gasteiger partial charge in [0.1, 0.15) is 12.4 Å². The Kier molecular flexibility index (Phi) is 5.15. The highest BCUT2D eigenvalue weighted by atomic mass is 16.5. The number of nitrogens with two attached hydrogens (primary N) is 1. The lowest BCUT2D eigenvalue weighted by atomic mass is 9.77. The molecule has 0 amide bonds. The number of hydrogen-bond donors (Lipinski definition) is 1. The fourth-order valence-corrected chi connectivity index (χ4v) is 2.69. The molecule has 2 N–H and O–H groups in total. The summed E-state index contributed by atoms with van der Waals surface area (Å²) in [5, 5.41) is 0. The smallest absolute Gasteiger partial charge is 0.186 e. The average molecular weight is 277 g/mol. The minimum Gasteiger partial charge on any atom is -0.490 e. The number of ketones is 1. The lowest BCUT2D eigenvalue weighted by molar-refractivity contribution is 0.0840. The van der Waals surface area contributed by atoms with E-state index in [-0.39, 0.29) is 5.78 Å². The van der Waals surface area contributed by atoms with Gasteiger partial charge < -0.3 is 15.2 Å². The van der Waals surface area contributed by atoms with Crippen LogP contribution in [-0.4, -0.2) is 31.6 Å². The van der Waals surface area contributed by atoms with Gasteiger partial charge in [-0.15, -0.1) is 0 Å². The standard InChI is InChI=1S/C16H23NO3/c1-19-11-12-20-14-8-4-3-7-13(14)15(18)16(17)9-5-2-6-10-16/h3-4,7-8H,2,5-6,9-12,17H2,1H3. The topological polar surface area (TPSA) is 61.5 Å². The molecule has 4 nitrogen and oxygen atoms in total. The monoisotopic (exact) mass is 277 g/mol. The molecule has 1 aromatic carbocycles. The molecule has 0 aromatic heterocycles. The third-order valence-corrected chi connectivity index (χ3v) is 3.87. The Hall–Kier alpha value is -1.39. The zero-order valence-electron chi connectivity index (χ0n) is 12.1. The van der Waals surface area contributed by atoms with Crippen molar-refractivity contribution in [3.63, 3.8) is 0 Å². The molecule has 1 aliphatic rings. The third kappa shape index (κ3) is 3.38. The number of para-hydroxylation sites is 1. The van der Waals surface area contributed by atoms with E-state index in [4.69, 9.17) is 15.2 Å². The van der Waals surface area contributed by atoms with Crippen LogP contribution in [0, 0.1) is 0 Å². The number of hydrogen-bond acceptors (Lipinski definition) is 4. The number of rotatable bonds is 6. The van der Waals surface area contributed by atoms with E-state index in [0.29, 0.717) is 24.5 Å². The van der Waals surface area contributed by atoms with Crippen LogP contribution in [-0.2, 0) is 4.74 Å². The van der Waals surface area contributed by atoms with Gasteiger partial charge >= 0.3 is 0 Å². The van der Waals surface area contributed by atoms with E-state index in [9.17, 15) is 4.79 Å². The predicted octanol–water partition coefficient (Wildman–Crippen LogP) is 2.56. The SMILES string of the molecule is COCCOc1ccccc1C(=O)C1(N)CCCCC1. The summed E-state index contributed by atoms with van der Waals surface area (Å²) < 4.78 is 10.6. The number of ether oxygens (including phenoxy) is 2. The molecule has 4 heteroatoms. The second-order valence-electron chi connectivity index (χ2n) is 5.38. The average Bonchev–Trinajstić information content (AvgIpc) is 2.48. The van der Waals surface area contributed by atoms with Gasteiger partial charge in [0.25, 0.3) is 0 Å². The molecule has 1 aromatic rings. The van der Waals surface area contributed by atoms with E-state index in [0.717, 1.165) is 32.1 Å². The zero-order valence-corrected chi connectivity index (χ0v) is 12.1. The Morgan fingerprint density at radius 1 is 1.20 bits per heavy atom. The van der Waals surface area contributed by atoms with Crippen molar-refractivity contribution in [1.29, 1.82) is 0 Å². The van der Waals surface area contributed by atoms with Gasteiger partial charge in [-0.05, 0) is 25.0 Å². The Morgan fingerprint density at radius 2 is 1.90 bits per heavy atom. The number of benzene rings is 1. The number of Topliss-reactive ketones (excluding diaryl/α,β-unsaturated/α-hetero) is 1.